The van der Waals surface area contributed by atoms with Gasteiger partial charge in [-0.05, 0) is 60.8 Å². The van der Waals surface area contributed by atoms with Gasteiger partial charge in [0.1, 0.15) is 17.5 Å². The van der Waals surface area contributed by atoms with Gasteiger partial charge in [0, 0.05) is 29.7 Å². The topological polar surface area (TPSA) is 61.3 Å². The van der Waals surface area contributed by atoms with Crippen molar-refractivity contribution in [3.05, 3.63) is 65.6 Å². The van der Waals surface area contributed by atoms with E-state index in [4.69, 9.17) is 0 Å². The van der Waals surface area contributed by atoms with E-state index in [1.165, 1.54) is 30.1 Å². The maximum absolute atomic E-state index is 13.7. The molecule has 1 aliphatic heterocycles. The molecular weight excluding hydrogens is 432 g/mol. The number of nitrogens with zero attached hydrogens (tertiary/aromatic N) is 3. The van der Waals surface area contributed by atoms with Gasteiger partial charge in [-0.1, -0.05) is 6.07 Å². The number of nitrogens with one attached hydrogen (secondary N) is 1. The lowest BCUT2D eigenvalue weighted by atomic mass is 10.0. The van der Waals surface area contributed by atoms with Crippen molar-refractivity contribution in [1.82, 2.24) is 9.97 Å². The second-order valence-corrected chi connectivity index (χ2v) is 8.04. The second-order valence-electron chi connectivity index (χ2n) is 7.16. The number of hydrogen-bond acceptors (Lipinski definition) is 6. The lowest BCUT2D eigenvalue weighted by molar-refractivity contribution is -0.137. The van der Waals surface area contributed by atoms with Gasteiger partial charge in [0.15, 0.2) is 0 Å². The van der Waals surface area contributed by atoms with E-state index in [0.29, 0.717) is 24.5 Å². The zero-order chi connectivity index (χ0) is 22.2. The highest BCUT2D eigenvalue weighted by molar-refractivity contribution is 8.00. The molecule has 2 N–H and O–H groups in total. The van der Waals surface area contributed by atoms with E-state index in [2.05, 4.69) is 14.7 Å². The van der Waals surface area contributed by atoms with E-state index in [0.717, 1.165) is 17.0 Å². The molecule has 10 heteroatoms. The van der Waals surface area contributed by atoms with Crippen LogP contribution in [-0.4, -0.2) is 34.3 Å². The first-order valence-electron chi connectivity index (χ1n) is 9.37. The van der Waals surface area contributed by atoms with E-state index < -0.39 is 17.6 Å². The number of halogens is 4. The predicted molar refractivity (Wildman–Crippen MR) is 111 cm³/mol. The number of β-amino-alcohol motifs (C(OH)–C–C–N with tert-alkyl or cyclic N) is 1. The number of aliphatic hydroxyl groups excluding tert-OH is 1. The normalized spacial score (nSPS) is 14.5. The summed E-state index contributed by atoms with van der Waals surface area (Å²) >= 11 is 1.17. The molecule has 1 saturated heterocycles. The molecule has 0 unspecified atom stereocenters. The van der Waals surface area contributed by atoms with E-state index in [-0.39, 0.29) is 23.2 Å². The van der Waals surface area contributed by atoms with Crippen LogP contribution in [-0.2, 0) is 6.18 Å². The van der Waals surface area contributed by atoms with Crippen LogP contribution in [0, 0.1) is 12.7 Å². The molecule has 3 heterocycles. The summed E-state index contributed by atoms with van der Waals surface area (Å²) in [6, 6.07) is 9.41. The Morgan fingerprint density at radius 3 is 2.61 bits per heavy atom. The summed E-state index contributed by atoms with van der Waals surface area (Å²) < 4.78 is 57.3. The number of rotatable bonds is 5. The smallest absolute Gasteiger partial charge is 0.389 e. The lowest BCUT2D eigenvalue weighted by Crippen LogP contribution is -2.51. The van der Waals surface area contributed by atoms with Gasteiger partial charge in [-0.15, -0.1) is 0 Å². The van der Waals surface area contributed by atoms with Gasteiger partial charge in [-0.2, -0.15) is 13.2 Å². The monoisotopic (exact) mass is 450 g/mol. The van der Waals surface area contributed by atoms with Gasteiger partial charge in [0.05, 0.1) is 17.4 Å². The zero-order valence-corrected chi connectivity index (χ0v) is 17.1. The number of anilines is 2. The average Bonchev–Trinajstić information content (AvgIpc) is 2.71. The van der Waals surface area contributed by atoms with Crippen molar-refractivity contribution in [3.8, 4) is 11.3 Å². The Bertz CT molecular complexity index is 1100. The highest BCUT2D eigenvalue weighted by Crippen LogP contribution is 2.38. The van der Waals surface area contributed by atoms with E-state index in [9.17, 15) is 22.7 Å². The first-order chi connectivity index (χ1) is 14.7. The van der Waals surface area contributed by atoms with Crippen molar-refractivity contribution < 1.29 is 22.7 Å². The first kappa shape index (κ1) is 21.4. The van der Waals surface area contributed by atoms with Crippen molar-refractivity contribution in [3.63, 3.8) is 0 Å². The maximum Gasteiger partial charge on any atom is 0.418 e. The fraction of sp³-hybridized carbons (Fsp3) is 0.238. The quantitative estimate of drug-likeness (QED) is 0.426. The van der Waals surface area contributed by atoms with E-state index in [1.54, 1.807) is 19.2 Å². The number of aryl methyl sites for hydroxylation is 1. The number of alkyl halides is 3. The van der Waals surface area contributed by atoms with Crippen molar-refractivity contribution in [2.24, 2.45) is 0 Å². The Hall–Kier alpha value is -2.85. The minimum atomic E-state index is -4.63. The van der Waals surface area contributed by atoms with Crippen molar-refractivity contribution in [2.75, 3.05) is 22.7 Å². The standard InChI is InChI=1S/C21H18F4N4OS/c1-12-2-3-13(22)8-16(12)20-17(21(23,24)25)4-5-18(27-20)28-31-15-6-7-26-19(9-15)29-10-14(30)11-29/h2-9,14,30H,10-11H2,1H3,(H,27,28). The third kappa shape index (κ3) is 4.75. The molecule has 3 aromatic rings. The molecule has 1 fully saturated rings. The molecule has 1 aromatic carbocycles. The molecule has 2 aromatic heterocycles. The number of aliphatic hydroxyl groups is 1. The second kappa shape index (κ2) is 8.35. The molecule has 0 aliphatic carbocycles. The summed E-state index contributed by atoms with van der Waals surface area (Å²) in [7, 11) is 0. The Kier molecular flexibility index (Phi) is 5.76. The van der Waals surface area contributed by atoms with Gasteiger partial charge < -0.3 is 14.7 Å². The molecule has 31 heavy (non-hydrogen) atoms. The van der Waals surface area contributed by atoms with Gasteiger partial charge in [0.2, 0.25) is 0 Å². The highest BCUT2D eigenvalue weighted by Gasteiger charge is 2.35. The fourth-order valence-corrected chi connectivity index (χ4v) is 3.82. The van der Waals surface area contributed by atoms with Crippen LogP contribution in [0.15, 0.2) is 53.6 Å². The minimum Gasteiger partial charge on any atom is -0.389 e. The molecule has 4 rings (SSSR count). The average molecular weight is 450 g/mol. The highest BCUT2D eigenvalue weighted by atomic mass is 32.2. The van der Waals surface area contributed by atoms with E-state index in [1.807, 2.05) is 11.0 Å². The molecule has 0 spiro atoms. The number of aromatic nitrogens is 2. The number of benzene rings is 1. The van der Waals surface area contributed by atoms with Gasteiger partial charge in [-0.25, -0.2) is 14.4 Å². The third-order valence-electron chi connectivity index (χ3n) is 4.83. The maximum atomic E-state index is 13.7. The SMILES string of the molecule is Cc1ccc(F)cc1-c1nc(NSc2ccnc(N3CC(O)C3)c2)ccc1C(F)(F)F. The molecular formula is C21H18F4N4OS. The lowest BCUT2D eigenvalue weighted by Gasteiger charge is -2.36. The summed E-state index contributed by atoms with van der Waals surface area (Å²) in [5, 5.41) is 9.44. The van der Waals surface area contributed by atoms with Crippen molar-refractivity contribution >= 4 is 23.6 Å². The molecule has 0 bridgehead atoms. The van der Waals surface area contributed by atoms with Gasteiger partial charge in [-0.3, -0.25) is 0 Å². The molecule has 162 valence electrons. The molecule has 0 radical (unpaired) electrons. The molecule has 0 saturated carbocycles. The van der Waals surface area contributed by atoms with Crippen LogP contribution in [0.4, 0.5) is 29.2 Å². The molecule has 1 aliphatic rings. The van der Waals surface area contributed by atoms with Crippen LogP contribution in [0.1, 0.15) is 11.1 Å². The largest absolute Gasteiger partial charge is 0.418 e. The Balaban J connectivity index is 1.60. The first-order valence-corrected chi connectivity index (χ1v) is 10.2. The van der Waals surface area contributed by atoms with Crippen LogP contribution < -0.4 is 9.62 Å². The van der Waals surface area contributed by atoms with Crippen LogP contribution in [0.25, 0.3) is 11.3 Å². The Labute approximate surface area is 180 Å². The van der Waals surface area contributed by atoms with Crippen LogP contribution in [0.5, 0.6) is 0 Å². The summed E-state index contributed by atoms with van der Waals surface area (Å²) in [4.78, 5) is 11.1. The van der Waals surface area contributed by atoms with E-state index >= 15 is 0 Å². The van der Waals surface area contributed by atoms with Crippen LogP contribution in [0.3, 0.4) is 0 Å². The number of pyridine rings is 2. The van der Waals surface area contributed by atoms with Crippen molar-refractivity contribution in [1.29, 1.82) is 0 Å². The third-order valence-corrected chi connectivity index (χ3v) is 5.63. The van der Waals surface area contributed by atoms with Gasteiger partial charge in [0.25, 0.3) is 0 Å². The molecule has 0 amide bonds. The summed E-state index contributed by atoms with van der Waals surface area (Å²) in [6.45, 7) is 2.62. The minimum absolute atomic E-state index is 0.0866. The summed E-state index contributed by atoms with van der Waals surface area (Å²) in [5.74, 6) is 0.270. The molecule has 5 nitrogen and oxygen atoms in total. The predicted octanol–water partition coefficient (Wildman–Crippen LogP) is 4.91. The zero-order valence-electron chi connectivity index (χ0n) is 16.3. The fourth-order valence-electron chi connectivity index (χ4n) is 3.19. The van der Waals surface area contributed by atoms with Crippen LogP contribution >= 0.6 is 11.9 Å². The Morgan fingerprint density at radius 1 is 1.13 bits per heavy atom. The van der Waals surface area contributed by atoms with Gasteiger partial charge >= 0.3 is 6.18 Å². The van der Waals surface area contributed by atoms with Crippen LogP contribution in [0.2, 0.25) is 0 Å². The Morgan fingerprint density at radius 2 is 1.90 bits per heavy atom. The van der Waals surface area contributed by atoms with Crippen molar-refractivity contribution in [2.45, 2.75) is 24.1 Å². The summed E-state index contributed by atoms with van der Waals surface area (Å²) in [6.07, 6.45) is -3.38. The molecule has 0 atom stereocenters. The summed E-state index contributed by atoms with van der Waals surface area (Å²) in [5.41, 5.74) is -0.692. The number of hydrogen-bond donors (Lipinski definition) is 2.